The summed E-state index contributed by atoms with van der Waals surface area (Å²) in [6.07, 6.45) is -4.44. The van der Waals surface area contributed by atoms with Crippen molar-refractivity contribution in [1.82, 2.24) is 4.90 Å². The third-order valence-corrected chi connectivity index (χ3v) is 4.06. The molecule has 1 heterocycles. The van der Waals surface area contributed by atoms with E-state index in [2.05, 4.69) is 5.32 Å². The number of piperidine rings is 1. The van der Waals surface area contributed by atoms with Gasteiger partial charge in [-0.1, -0.05) is 0 Å². The molecule has 0 spiro atoms. The molecule has 0 saturated carbocycles. The molecule has 0 radical (unpaired) electrons. The topological polar surface area (TPSA) is 58.6 Å². The fourth-order valence-corrected chi connectivity index (χ4v) is 2.72. The van der Waals surface area contributed by atoms with Gasteiger partial charge in [0.2, 0.25) is 5.91 Å². The Balaban J connectivity index is 1.91. The highest BCUT2D eigenvalue weighted by Crippen LogP contribution is 2.26. The van der Waals surface area contributed by atoms with Gasteiger partial charge < -0.3 is 15.0 Å². The number of hydrogen-bond donors (Lipinski definition) is 1. The first-order valence-electron chi connectivity index (χ1n) is 7.54. The second-order valence-electron chi connectivity index (χ2n) is 5.74. The monoisotopic (exact) mass is 344 g/mol. The molecule has 0 atom stereocenters. The average molecular weight is 344 g/mol. The van der Waals surface area contributed by atoms with Crippen molar-refractivity contribution in [2.24, 2.45) is 5.92 Å². The highest BCUT2D eigenvalue weighted by atomic mass is 19.4. The minimum atomic E-state index is -4.87. The van der Waals surface area contributed by atoms with Gasteiger partial charge in [0.1, 0.15) is 5.75 Å². The molecule has 1 saturated heterocycles. The van der Waals surface area contributed by atoms with E-state index in [1.54, 1.807) is 25.3 Å². The number of alkyl halides is 3. The lowest BCUT2D eigenvalue weighted by Gasteiger charge is -2.31. The quantitative estimate of drug-likeness (QED) is 0.917. The first-order valence-corrected chi connectivity index (χ1v) is 7.54. The van der Waals surface area contributed by atoms with Gasteiger partial charge in [-0.3, -0.25) is 9.59 Å². The fourth-order valence-electron chi connectivity index (χ4n) is 2.72. The predicted molar refractivity (Wildman–Crippen MR) is 81.7 cm³/mol. The molecule has 0 bridgehead atoms. The normalized spacial score (nSPS) is 16.0. The second kappa shape index (κ2) is 7.11. The van der Waals surface area contributed by atoms with E-state index >= 15 is 0 Å². The van der Waals surface area contributed by atoms with E-state index in [0.29, 0.717) is 11.4 Å². The largest absolute Gasteiger partial charge is 0.496 e. The lowest BCUT2D eigenvalue weighted by atomic mass is 9.95. The summed E-state index contributed by atoms with van der Waals surface area (Å²) < 4.78 is 42.3. The second-order valence-corrected chi connectivity index (χ2v) is 5.74. The zero-order valence-corrected chi connectivity index (χ0v) is 13.4. The number of aryl methyl sites for hydroxylation is 1. The van der Waals surface area contributed by atoms with Crippen molar-refractivity contribution < 1.29 is 27.5 Å². The van der Waals surface area contributed by atoms with Crippen molar-refractivity contribution in [2.45, 2.75) is 25.9 Å². The van der Waals surface area contributed by atoms with Crippen molar-refractivity contribution in [1.29, 1.82) is 0 Å². The van der Waals surface area contributed by atoms with Crippen LogP contribution in [0.5, 0.6) is 5.75 Å². The maximum absolute atomic E-state index is 12.4. The van der Waals surface area contributed by atoms with E-state index in [4.69, 9.17) is 4.74 Å². The summed E-state index contributed by atoms with van der Waals surface area (Å²) in [6.45, 7) is 1.70. The van der Waals surface area contributed by atoms with Crippen LogP contribution in [0.2, 0.25) is 0 Å². The van der Waals surface area contributed by atoms with Crippen molar-refractivity contribution in [3.8, 4) is 5.75 Å². The molecule has 1 aromatic rings. The van der Waals surface area contributed by atoms with E-state index in [0.717, 1.165) is 10.5 Å². The first-order chi connectivity index (χ1) is 11.2. The smallest absolute Gasteiger partial charge is 0.471 e. The van der Waals surface area contributed by atoms with E-state index in [9.17, 15) is 22.8 Å². The number of carbonyl (C=O) groups is 2. The maximum atomic E-state index is 12.4. The summed E-state index contributed by atoms with van der Waals surface area (Å²) in [6, 6.07) is 5.20. The van der Waals surface area contributed by atoms with Gasteiger partial charge in [0, 0.05) is 24.7 Å². The van der Waals surface area contributed by atoms with Crippen molar-refractivity contribution in [3.63, 3.8) is 0 Å². The van der Waals surface area contributed by atoms with Crippen LogP contribution in [0.25, 0.3) is 0 Å². The molecule has 1 aliphatic rings. The third kappa shape index (κ3) is 4.18. The molecular formula is C16H19F3N2O3. The summed E-state index contributed by atoms with van der Waals surface area (Å²) in [4.78, 5) is 24.2. The lowest BCUT2D eigenvalue weighted by molar-refractivity contribution is -0.186. The Kier molecular flexibility index (Phi) is 5.36. The SMILES string of the molecule is COc1ccc(NC(=O)C2CCN(C(=O)C(F)(F)F)CC2)cc1C. The van der Waals surface area contributed by atoms with Crippen LogP contribution in [0.3, 0.4) is 0 Å². The molecule has 2 rings (SSSR count). The molecule has 8 heteroatoms. The zero-order chi connectivity index (χ0) is 17.9. The summed E-state index contributed by atoms with van der Waals surface area (Å²) in [5, 5.41) is 2.76. The van der Waals surface area contributed by atoms with Crippen LogP contribution in [0.15, 0.2) is 18.2 Å². The Labute approximate surface area is 137 Å². The Bertz CT molecular complexity index is 623. The number of likely N-dealkylation sites (tertiary alicyclic amines) is 1. The van der Waals surface area contributed by atoms with Gasteiger partial charge in [0.25, 0.3) is 0 Å². The van der Waals surface area contributed by atoms with Crippen molar-refractivity contribution >= 4 is 17.5 Å². The number of methoxy groups -OCH3 is 1. The molecule has 24 heavy (non-hydrogen) atoms. The molecule has 0 aliphatic carbocycles. The first kappa shape index (κ1) is 18.1. The summed E-state index contributed by atoms with van der Waals surface area (Å²) in [5.74, 6) is -1.80. The number of halogens is 3. The number of benzene rings is 1. The zero-order valence-electron chi connectivity index (χ0n) is 13.4. The van der Waals surface area contributed by atoms with Crippen LogP contribution in [-0.2, 0) is 9.59 Å². The maximum Gasteiger partial charge on any atom is 0.471 e. The average Bonchev–Trinajstić information content (AvgIpc) is 2.53. The fraction of sp³-hybridized carbons (Fsp3) is 0.500. The Hall–Kier alpha value is -2.25. The minimum absolute atomic E-state index is 0.0714. The number of rotatable bonds is 3. The number of amides is 2. The summed E-state index contributed by atoms with van der Waals surface area (Å²) >= 11 is 0. The molecule has 0 aromatic heterocycles. The number of nitrogens with one attached hydrogen (secondary N) is 1. The van der Waals surface area contributed by atoms with Gasteiger partial charge in [-0.15, -0.1) is 0 Å². The van der Waals surface area contributed by atoms with Crippen LogP contribution in [0.4, 0.5) is 18.9 Å². The molecule has 1 aliphatic heterocycles. The number of ether oxygens (including phenoxy) is 1. The van der Waals surface area contributed by atoms with Crippen LogP contribution in [-0.4, -0.2) is 43.1 Å². The van der Waals surface area contributed by atoms with Crippen LogP contribution >= 0.6 is 0 Å². The third-order valence-electron chi connectivity index (χ3n) is 4.06. The molecule has 1 N–H and O–H groups in total. The van der Waals surface area contributed by atoms with Gasteiger partial charge in [-0.05, 0) is 43.5 Å². The minimum Gasteiger partial charge on any atom is -0.496 e. The van der Waals surface area contributed by atoms with Gasteiger partial charge in [-0.2, -0.15) is 13.2 Å². The Morgan fingerprint density at radius 3 is 2.38 bits per heavy atom. The van der Waals surface area contributed by atoms with Gasteiger partial charge in [0.15, 0.2) is 0 Å². The van der Waals surface area contributed by atoms with Crippen LogP contribution in [0, 0.1) is 12.8 Å². The highest BCUT2D eigenvalue weighted by Gasteiger charge is 2.43. The van der Waals surface area contributed by atoms with E-state index < -0.39 is 18.0 Å². The predicted octanol–water partition coefficient (Wildman–Crippen LogP) is 2.74. The molecule has 1 fully saturated rings. The standard InChI is InChI=1S/C16H19F3N2O3/c1-10-9-12(3-4-13(10)24-2)20-14(22)11-5-7-21(8-6-11)15(23)16(17,18)19/h3-4,9,11H,5-8H2,1-2H3,(H,20,22). The highest BCUT2D eigenvalue weighted by molar-refractivity contribution is 5.93. The van der Waals surface area contributed by atoms with Crippen molar-refractivity contribution in [3.05, 3.63) is 23.8 Å². The number of nitrogens with zero attached hydrogens (tertiary/aromatic N) is 1. The number of anilines is 1. The molecule has 5 nitrogen and oxygen atoms in total. The van der Waals surface area contributed by atoms with E-state index in [-0.39, 0.29) is 31.8 Å². The number of hydrogen-bond acceptors (Lipinski definition) is 3. The molecule has 1 aromatic carbocycles. The van der Waals surface area contributed by atoms with Crippen LogP contribution in [0.1, 0.15) is 18.4 Å². The molecule has 132 valence electrons. The summed E-state index contributed by atoms with van der Waals surface area (Å²) in [5.41, 5.74) is 1.47. The van der Waals surface area contributed by atoms with E-state index in [1.165, 1.54) is 0 Å². The molecular weight excluding hydrogens is 325 g/mol. The lowest BCUT2D eigenvalue weighted by Crippen LogP contribution is -2.46. The van der Waals surface area contributed by atoms with E-state index in [1.807, 2.05) is 6.92 Å². The summed E-state index contributed by atoms with van der Waals surface area (Å²) in [7, 11) is 1.55. The molecule has 0 unspecified atom stereocenters. The Morgan fingerprint density at radius 1 is 1.25 bits per heavy atom. The van der Waals surface area contributed by atoms with Gasteiger partial charge >= 0.3 is 12.1 Å². The number of carbonyl (C=O) groups excluding carboxylic acids is 2. The van der Waals surface area contributed by atoms with Crippen molar-refractivity contribution in [2.75, 3.05) is 25.5 Å². The van der Waals surface area contributed by atoms with Crippen LogP contribution < -0.4 is 10.1 Å². The molecule has 2 amide bonds. The van der Waals surface area contributed by atoms with Gasteiger partial charge in [0.05, 0.1) is 7.11 Å². The van der Waals surface area contributed by atoms with Gasteiger partial charge in [-0.25, -0.2) is 0 Å². The Morgan fingerprint density at radius 2 is 1.88 bits per heavy atom.